The Morgan fingerprint density at radius 1 is 1.33 bits per heavy atom. The summed E-state index contributed by atoms with van der Waals surface area (Å²) in [5, 5.41) is 15.1. The van der Waals surface area contributed by atoms with E-state index in [1.807, 2.05) is 24.3 Å². The van der Waals surface area contributed by atoms with Gasteiger partial charge >= 0.3 is 0 Å². The van der Waals surface area contributed by atoms with Crippen LogP contribution in [-0.4, -0.2) is 36.1 Å². The Morgan fingerprint density at radius 2 is 2.10 bits per heavy atom. The molecule has 10 heteroatoms. The van der Waals surface area contributed by atoms with Gasteiger partial charge < -0.3 is 11.2 Å². The van der Waals surface area contributed by atoms with E-state index in [0.29, 0.717) is 10.9 Å². The maximum absolute atomic E-state index is 11.9. The summed E-state index contributed by atoms with van der Waals surface area (Å²) in [5.41, 5.74) is 0.737. The SMILES string of the molecule is Nn1cnn2c(SCC(=O)Nc3ccc(Br)cc3)nnc12. The smallest absolute Gasteiger partial charge is 0.273 e. The summed E-state index contributed by atoms with van der Waals surface area (Å²) < 4.78 is 3.70. The van der Waals surface area contributed by atoms with Crippen LogP contribution in [0.4, 0.5) is 5.69 Å². The normalized spacial score (nSPS) is 10.9. The summed E-state index contributed by atoms with van der Waals surface area (Å²) >= 11 is 4.58. The summed E-state index contributed by atoms with van der Waals surface area (Å²) in [7, 11) is 0. The Kier molecular flexibility index (Phi) is 3.80. The predicted molar refractivity (Wildman–Crippen MR) is 82.4 cm³/mol. The van der Waals surface area contributed by atoms with E-state index in [9.17, 15) is 4.79 Å². The number of hydrogen-bond donors (Lipinski definition) is 2. The van der Waals surface area contributed by atoms with E-state index in [4.69, 9.17) is 5.84 Å². The van der Waals surface area contributed by atoms with E-state index in [-0.39, 0.29) is 11.7 Å². The minimum absolute atomic E-state index is 0.133. The Balaban J connectivity index is 1.62. The Morgan fingerprint density at radius 3 is 2.86 bits per heavy atom. The molecule has 108 valence electrons. The van der Waals surface area contributed by atoms with Crippen molar-refractivity contribution in [1.29, 1.82) is 0 Å². The highest BCUT2D eigenvalue weighted by Gasteiger charge is 2.12. The molecule has 21 heavy (non-hydrogen) atoms. The van der Waals surface area contributed by atoms with Crippen molar-refractivity contribution in [3.05, 3.63) is 35.1 Å². The lowest BCUT2D eigenvalue weighted by Gasteiger charge is -2.04. The second-order valence-corrected chi connectivity index (χ2v) is 5.93. The zero-order valence-electron chi connectivity index (χ0n) is 10.6. The number of nitrogens with one attached hydrogen (secondary N) is 1. The van der Waals surface area contributed by atoms with Crippen LogP contribution in [0.2, 0.25) is 0 Å². The number of nitrogens with two attached hydrogens (primary N) is 1. The lowest BCUT2D eigenvalue weighted by molar-refractivity contribution is -0.113. The van der Waals surface area contributed by atoms with Crippen LogP contribution in [0.25, 0.3) is 5.78 Å². The van der Waals surface area contributed by atoms with Gasteiger partial charge in [0.25, 0.3) is 5.78 Å². The zero-order valence-corrected chi connectivity index (χ0v) is 13.0. The summed E-state index contributed by atoms with van der Waals surface area (Å²) in [6, 6.07) is 7.35. The monoisotopic (exact) mass is 367 g/mol. The average Bonchev–Trinajstić information content (AvgIpc) is 3.03. The third kappa shape index (κ3) is 3.00. The lowest BCUT2D eigenvalue weighted by atomic mass is 10.3. The molecule has 3 N–H and O–H groups in total. The molecule has 0 spiro atoms. The van der Waals surface area contributed by atoms with Crippen LogP contribution >= 0.6 is 27.7 Å². The van der Waals surface area contributed by atoms with Crippen molar-refractivity contribution in [2.75, 3.05) is 16.9 Å². The van der Waals surface area contributed by atoms with E-state index in [2.05, 4.69) is 36.5 Å². The van der Waals surface area contributed by atoms with Gasteiger partial charge in [0.1, 0.15) is 6.33 Å². The van der Waals surface area contributed by atoms with E-state index in [0.717, 1.165) is 10.2 Å². The highest BCUT2D eigenvalue weighted by molar-refractivity contribution is 9.10. The van der Waals surface area contributed by atoms with Crippen molar-refractivity contribution in [2.45, 2.75) is 5.16 Å². The fraction of sp³-hybridized carbons (Fsp3) is 0.0909. The number of amides is 1. The lowest BCUT2D eigenvalue weighted by Crippen LogP contribution is -2.14. The second-order valence-electron chi connectivity index (χ2n) is 4.08. The number of fused-ring (bicyclic) bond motifs is 1. The van der Waals surface area contributed by atoms with E-state index in [1.165, 1.54) is 27.3 Å². The molecule has 0 aliphatic heterocycles. The zero-order chi connectivity index (χ0) is 14.8. The second kappa shape index (κ2) is 5.74. The minimum atomic E-state index is -0.133. The van der Waals surface area contributed by atoms with E-state index < -0.39 is 0 Å². The maximum Gasteiger partial charge on any atom is 0.273 e. The van der Waals surface area contributed by atoms with Gasteiger partial charge in [0.2, 0.25) is 11.1 Å². The number of carbonyl (C=O) groups is 1. The fourth-order valence-corrected chi connectivity index (χ4v) is 2.58. The van der Waals surface area contributed by atoms with Crippen molar-refractivity contribution >= 4 is 45.1 Å². The number of nitrogen functional groups attached to an aromatic ring is 1. The summed E-state index contributed by atoms with van der Waals surface area (Å²) in [4.78, 5) is 11.9. The standard InChI is InChI=1S/C11H10BrN7OS/c12-7-1-3-8(4-2-7)15-9(20)5-21-11-17-16-10-18(13)6-14-19(10)11/h1-4,6H,5,13H2,(H,15,20). The first kappa shape index (κ1) is 13.9. The highest BCUT2D eigenvalue weighted by atomic mass is 79.9. The van der Waals surface area contributed by atoms with Gasteiger partial charge in [0.15, 0.2) is 0 Å². The predicted octanol–water partition coefficient (Wildman–Crippen LogP) is 1.13. The molecular formula is C11H10BrN7OS. The number of anilines is 1. The molecule has 2 heterocycles. The van der Waals surface area contributed by atoms with Crippen LogP contribution in [0, 0.1) is 0 Å². The molecule has 0 unspecified atom stereocenters. The van der Waals surface area contributed by atoms with Crippen LogP contribution in [0.5, 0.6) is 0 Å². The molecule has 3 rings (SSSR count). The van der Waals surface area contributed by atoms with Crippen molar-refractivity contribution in [3.8, 4) is 0 Å². The number of benzene rings is 1. The van der Waals surface area contributed by atoms with Gasteiger partial charge in [-0.05, 0) is 24.3 Å². The van der Waals surface area contributed by atoms with Crippen molar-refractivity contribution in [2.24, 2.45) is 0 Å². The van der Waals surface area contributed by atoms with Gasteiger partial charge in [0.05, 0.1) is 5.75 Å². The van der Waals surface area contributed by atoms with Crippen LogP contribution < -0.4 is 11.2 Å². The summed E-state index contributed by atoms with van der Waals surface area (Å²) in [6.45, 7) is 0. The quantitative estimate of drug-likeness (QED) is 0.529. The number of halogens is 1. The highest BCUT2D eigenvalue weighted by Crippen LogP contribution is 2.17. The molecule has 8 nitrogen and oxygen atoms in total. The molecule has 0 bridgehead atoms. The van der Waals surface area contributed by atoms with Crippen molar-refractivity contribution < 1.29 is 4.79 Å². The number of carbonyl (C=O) groups excluding carboxylic acids is 1. The number of hydrogen-bond acceptors (Lipinski definition) is 6. The van der Waals surface area contributed by atoms with Gasteiger partial charge in [-0.1, -0.05) is 27.7 Å². The fourth-order valence-electron chi connectivity index (χ4n) is 1.63. The first-order valence-corrected chi connectivity index (χ1v) is 7.63. The number of aromatic nitrogens is 5. The molecular weight excluding hydrogens is 358 g/mol. The van der Waals surface area contributed by atoms with Gasteiger partial charge in [-0.2, -0.15) is 9.61 Å². The molecule has 0 aliphatic rings. The van der Waals surface area contributed by atoms with Crippen LogP contribution in [-0.2, 0) is 4.79 Å². The number of rotatable bonds is 4. The van der Waals surface area contributed by atoms with Crippen LogP contribution in [0.3, 0.4) is 0 Å². The average molecular weight is 368 g/mol. The molecule has 1 amide bonds. The van der Waals surface area contributed by atoms with Gasteiger partial charge in [-0.3, -0.25) is 4.79 Å². The van der Waals surface area contributed by atoms with Gasteiger partial charge in [-0.25, -0.2) is 4.68 Å². The summed E-state index contributed by atoms with van der Waals surface area (Å²) in [6.07, 6.45) is 1.43. The van der Waals surface area contributed by atoms with Crippen LogP contribution in [0.15, 0.2) is 40.2 Å². The molecule has 0 saturated heterocycles. The maximum atomic E-state index is 11.9. The molecule has 0 atom stereocenters. The van der Waals surface area contributed by atoms with Gasteiger partial charge in [0, 0.05) is 10.2 Å². The largest absolute Gasteiger partial charge is 0.335 e. The first-order chi connectivity index (χ1) is 10.1. The molecule has 3 aromatic rings. The Bertz CT molecular complexity index is 782. The van der Waals surface area contributed by atoms with Gasteiger partial charge in [-0.15, -0.1) is 10.2 Å². The molecule has 2 aromatic heterocycles. The molecule has 0 saturated carbocycles. The third-order valence-electron chi connectivity index (χ3n) is 2.58. The molecule has 0 aliphatic carbocycles. The Hall–Kier alpha value is -2.07. The number of nitrogens with zero attached hydrogens (tertiary/aromatic N) is 5. The minimum Gasteiger partial charge on any atom is -0.335 e. The third-order valence-corrected chi connectivity index (χ3v) is 4.03. The molecule has 0 radical (unpaired) electrons. The van der Waals surface area contributed by atoms with Crippen molar-refractivity contribution in [1.82, 2.24) is 24.5 Å². The first-order valence-electron chi connectivity index (χ1n) is 5.85. The molecule has 1 aromatic carbocycles. The topological polar surface area (TPSA) is 103 Å². The van der Waals surface area contributed by atoms with E-state index in [1.54, 1.807) is 0 Å². The van der Waals surface area contributed by atoms with Crippen LogP contribution in [0.1, 0.15) is 0 Å². The number of thioether (sulfide) groups is 1. The molecule has 0 fully saturated rings. The van der Waals surface area contributed by atoms with E-state index >= 15 is 0 Å². The Labute approximate surface area is 131 Å². The van der Waals surface area contributed by atoms with Crippen molar-refractivity contribution in [3.63, 3.8) is 0 Å². The summed E-state index contributed by atoms with van der Waals surface area (Å²) in [5.74, 6) is 6.09.